The zero-order valence-electron chi connectivity index (χ0n) is 18.8. The summed E-state index contributed by atoms with van der Waals surface area (Å²) in [6, 6.07) is 11.4. The topological polar surface area (TPSA) is 115 Å². The number of nitrogen functional groups attached to an aromatic ring is 2. The first-order chi connectivity index (χ1) is 16.5. The second-order valence-electron chi connectivity index (χ2n) is 6.68. The number of hydrogen-bond donors (Lipinski definition) is 2. The van der Waals surface area contributed by atoms with Crippen molar-refractivity contribution in [1.82, 2.24) is 9.97 Å². The minimum Gasteiger partial charge on any atom is -0.493 e. The zero-order valence-corrected chi connectivity index (χ0v) is 22.0. The number of benzene rings is 2. The van der Waals surface area contributed by atoms with Gasteiger partial charge >= 0.3 is 0 Å². The maximum absolute atomic E-state index is 6.07. The molecular weight excluding hydrogens is 513 g/mol. The summed E-state index contributed by atoms with van der Waals surface area (Å²) in [6.45, 7) is 0. The molecule has 0 unspecified atom stereocenters. The van der Waals surface area contributed by atoms with Crippen molar-refractivity contribution in [3.05, 3.63) is 36.4 Å². The van der Waals surface area contributed by atoms with Gasteiger partial charge in [0, 0.05) is 11.1 Å². The Labute approximate surface area is 213 Å². The standard InChI is InChI=1S/C22H22N4O4S4/c1-27-13-7-5-11(9-15(13)29-3)17-19(31-21(23)25-17)33-34-20-18(26-22(24)32-20)12-6-8-14(28-2)16(10-12)30-4/h5-10H,1-4H3,(H2,23,25)(H2,24,26). The summed E-state index contributed by atoms with van der Waals surface area (Å²) >= 11 is 2.85. The molecule has 8 nitrogen and oxygen atoms in total. The van der Waals surface area contributed by atoms with Gasteiger partial charge in [0.2, 0.25) is 0 Å². The third kappa shape index (κ3) is 4.99. The highest BCUT2D eigenvalue weighted by molar-refractivity contribution is 8.77. The maximum Gasteiger partial charge on any atom is 0.181 e. The third-order valence-corrected chi connectivity index (χ3v) is 9.75. The number of rotatable bonds is 9. The second kappa shape index (κ2) is 10.6. The normalized spacial score (nSPS) is 10.8. The van der Waals surface area contributed by atoms with Gasteiger partial charge in [-0.15, -0.1) is 0 Å². The molecule has 0 spiro atoms. The smallest absolute Gasteiger partial charge is 0.181 e. The fourth-order valence-corrected chi connectivity index (χ4v) is 7.91. The fourth-order valence-electron chi connectivity index (χ4n) is 3.16. The lowest BCUT2D eigenvalue weighted by Crippen LogP contribution is -1.91. The summed E-state index contributed by atoms with van der Waals surface area (Å²) in [6.07, 6.45) is 0. The summed E-state index contributed by atoms with van der Waals surface area (Å²) in [7, 11) is 9.53. The Morgan fingerprint density at radius 1 is 0.618 bits per heavy atom. The van der Waals surface area contributed by atoms with Crippen LogP contribution in [0.1, 0.15) is 0 Å². The molecule has 4 rings (SSSR count). The van der Waals surface area contributed by atoms with E-state index in [1.54, 1.807) is 50.0 Å². The monoisotopic (exact) mass is 534 g/mol. The summed E-state index contributed by atoms with van der Waals surface area (Å²) in [5.41, 5.74) is 15.5. The summed E-state index contributed by atoms with van der Waals surface area (Å²) < 4.78 is 23.5. The van der Waals surface area contributed by atoms with E-state index in [1.807, 2.05) is 36.4 Å². The van der Waals surface area contributed by atoms with Gasteiger partial charge < -0.3 is 30.4 Å². The molecule has 2 aromatic heterocycles. The maximum atomic E-state index is 6.07. The van der Waals surface area contributed by atoms with Crippen molar-refractivity contribution in [2.24, 2.45) is 0 Å². The van der Waals surface area contributed by atoms with Gasteiger partial charge in [0.05, 0.1) is 39.8 Å². The molecule has 0 radical (unpaired) electrons. The van der Waals surface area contributed by atoms with Crippen LogP contribution in [-0.2, 0) is 0 Å². The van der Waals surface area contributed by atoms with Gasteiger partial charge in [0.1, 0.15) is 8.42 Å². The molecule has 0 saturated heterocycles. The second-order valence-corrected chi connectivity index (χ2v) is 11.4. The highest BCUT2D eigenvalue weighted by Gasteiger charge is 2.19. The summed E-state index contributed by atoms with van der Waals surface area (Å²) in [5, 5.41) is 0.966. The highest BCUT2D eigenvalue weighted by Crippen LogP contribution is 2.51. The molecule has 0 bridgehead atoms. The number of thiazole rings is 2. The molecule has 4 aromatic rings. The first kappa shape index (κ1) is 24.3. The number of nitrogens with two attached hydrogens (primary N) is 2. The highest BCUT2D eigenvalue weighted by atomic mass is 33.1. The van der Waals surface area contributed by atoms with Gasteiger partial charge in [-0.1, -0.05) is 22.7 Å². The Hall–Kier alpha value is -2.80. The van der Waals surface area contributed by atoms with Crippen LogP contribution in [0.25, 0.3) is 22.5 Å². The molecular formula is C22H22N4O4S4. The van der Waals surface area contributed by atoms with Crippen LogP contribution in [0.15, 0.2) is 44.8 Å². The molecule has 12 heteroatoms. The molecule has 0 aliphatic carbocycles. The molecule has 2 aromatic carbocycles. The van der Waals surface area contributed by atoms with Crippen LogP contribution in [0.2, 0.25) is 0 Å². The van der Waals surface area contributed by atoms with E-state index in [9.17, 15) is 0 Å². The first-order valence-corrected chi connectivity index (χ1v) is 13.6. The van der Waals surface area contributed by atoms with Crippen LogP contribution < -0.4 is 30.4 Å². The molecule has 0 atom stereocenters. The molecule has 0 aliphatic heterocycles. The lowest BCUT2D eigenvalue weighted by Gasteiger charge is -2.10. The van der Waals surface area contributed by atoms with Gasteiger partial charge in [0.15, 0.2) is 33.3 Å². The summed E-state index contributed by atoms with van der Waals surface area (Å²) in [5.74, 6) is 2.55. The number of aromatic nitrogens is 2. The molecule has 34 heavy (non-hydrogen) atoms. The Bertz CT molecular complexity index is 1210. The van der Waals surface area contributed by atoms with Crippen LogP contribution in [0.4, 0.5) is 10.3 Å². The lowest BCUT2D eigenvalue weighted by molar-refractivity contribution is 0.355. The van der Waals surface area contributed by atoms with E-state index < -0.39 is 0 Å². The number of methoxy groups -OCH3 is 4. The van der Waals surface area contributed by atoms with Gasteiger partial charge in [-0.05, 0) is 58.0 Å². The van der Waals surface area contributed by atoms with Crippen LogP contribution in [0, 0.1) is 0 Å². The lowest BCUT2D eigenvalue weighted by atomic mass is 10.1. The minimum absolute atomic E-state index is 0.483. The van der Waals surface area contributed by atoms with E-state index >= 15 is 0 Å². The third-order valence-electron chi connectivity index (χ3n) is 4.73. The van der Waals surface area contributed by atoms with Crippen molar-refractivity contribution in [2.45, 2.75) is 8.42 Å². The average molecular weight is 535 g/mol. The van der Waals surface area contributed by atoms with Gasteiger partial charge in [-0.3, -0.25) is 0 Å². The predicted molar refractivity (Wildman–Crippen MR) is 142 cm³/mol. The Balaban J connectivity index is 1.63. The van der Waals surface area contributed by atoms with Crippen molar-refractivity contribution < 1.29 is 18.9 Å². The Morgan fingerprint density at radius 2 is 1.00 bits per heavy atom. The molecule has 2 heterocycles. The largest absolute Gasteiger partial charge is 0.493 e. The fraction of sp³-hybridized carbons (Fsp3) is 0.182. The molecule has 4 N–H and O–H groups in total. The predicted octanol–water partition coefficient (Wildman–Crippen LogP) is 5.93. The average Bonchev–Trinajstić information content (AvgIpc) is 3.43. The number of anilines is 2. The van der Waals surface area contributed by atoms with Crippen LogP contribution in [0.5, 0.6) is 23.0 Å². The zero-order chi connectivity index (χ0) is 24.2. The molecule has 178 valence electrons. The van der Waals surface area contributed by atoms with Gasteiger partial charge in [-0.2, -0.15) is 0 Å². The van der Waals surface area contributed by atoms with Gasteiger partial charge in [-0.25, -0.2) is 9.97 Å². The molecule has 0 amide bonds. The van der Waals surface area contributed by atoms with E-state index in [0.717, 1.165) is 30.9 Å². The minimum atomic E-state index is 0.483. The number of ether oxygens (including phenoxy) is 4. The number of nitrogens with zero attached hydrogens (tertiary/aromatic N) is 2. The Kier molecular flexibility index (Phi) is 7.61. The van der Waals surface area contributed by atoms with E-state index in [-0.39, 0.29) is 0 Å². The van der Waals surface area contributed by atoms with Crippen LogP contribution in [-0.4, -0.2) is 38.4 Å². The van der Waals surface area contributed by atoms with E-state index in [0.29, 0.717) is 33.3 Å². The molecule has 0 aliphatic rings. The molecule has 0 fully saturated rings. The van der Waals surface area contributed by atoms with E-state index in [2.05, 4.69) is 9.97 Å². The van der Waals surface area contributed by atoms with Crippen LogP contribution >= 0.6 is 44.3 Å². The van der Waals surface area contributed by atoms with Crippen molar-refractivity contribution in [3.8, 4) is 45.5 Å². The first-order valence-electron chi connectivity index (χ1n) is 9.79. The van der Waals surface area contributed by atoms with Crippen molar-refractivity contribution in [1.29, 1.82) is 0 Å². The Morgan fingerprint density at radius 3 is 1.35 bits per heavy atom. The van der Waals surface area contributed by atoms with Crippen molar-refractivity contribution in [3.63, 3.8) is 0 Å². The van der Waals surface area contributed by atoms with E-state index in [1.165, 1.54) is 22.7 Å². The van der Waals surface area contributed by atoms with Gasteiger partial charge in [0.25, 0.3) is 0 Å². The quantitative estimate of drug-likeness (QED) is 0.250. The summed E-state index contributed by atoms with van der Waals surface area (Å²) in [4.78, 5) is 9.10. The van der Waals surface area contributed by atoms with Crippen LogP contribution in [0.3, 0.4) is 0 Å². The van der Waals surface area contributed by atoms with E-state index in [4.69, 9.17) is 30.4 Å². The van der Waals surface area contributed by atoms with Crippen molar-refractivity contribution in [2.75, 3.05) is 39.9 Å². The van der Waals surface area contributed by atoms with Crippen molar-refractivity contribution >= 4 is 54.5 Å². The SMILES string of the molecule is COc1ccc(-c2nc(N)sc2SSc2sc(N)nc2-c2ccc(OC)c(OC)c2)cc1OC. The number of hydrogen-bond acceptors (Lipinski definition) is 12. The molecule has 0 saturated carbocycles.